The molecule has 2 aromatic carbocycles. The Bertz CT molecular complexity index is 1000. The lowest BCUT2D eigenvalue weighted by molar-refractivity contribution is -0.384. The second-order valence-electron chi connectivity index (χ2n) is 6.27. The van der Waals surface area contributed by atoms with Crippen molar-refractivity contribution < 1.29 is 19.2 Å². The van der Waals surface area contributed by atoms with Crippen molar-refractivity contribution in [3.05, 3.63) is 80.5 Å². The molecule has 9 heteroatoms. The van der Waals surface area contributed by atoms with Crippen LogP contribution in [-0.2, 0) is 9.53 Å². The maximum absolute atomic E-state index is 12.9. The fourth-order valence-electron chi connectivity index (χ4n) is 3.19. The lowest BCUT2D eigenvalue weighted by Crippen LogP contribution is -2.48. The van der Waals surface area contributed by atoms with Crippen molar-refractivity contribution in [3.8, 4) is 0 Å². The van der Waals surface area contributed by atoms with E-state index in [2.05, 4.69) is 5.32 Å². The number of nitrogens with one attached hydrogen (secondary N) is 1. The molecule has 0 fully saturated rings. The number of carbonyl (C=O) groups excluding carboxylic acids is 2. The van der Waals surface area contributed by atoms with E-state index in [4.69, 9.17) is 16.3 Å². The van der Waals surface area contributed by atoms with Crippen LogP contribution in [-0.4, -0.2) is 23.5 Å². The molecule has 0 radical (unpaired) electrons. The van der Waals surface area contributed by atoms with E-state index in [0.717, 1.165) is 0 Å². The number of halogens is 1. The van der Waals surface area contributed by atoms with Gasteiger partial charge >= 0.3 is 12.0 Å². The van der Waals surface area contributed by atoms with Crippen molar-refractivity contribution in [2.45, 2.75) is 19.9 Å². The molecule has 8 nitrogen and oxygen atoms in total. The third-order valence-corrected chi connectivity index (χ3v) is 4.73. The average Bonchev–Trinajstić information content (AvgIpc) is 2.69. The summed E-state index contributed by atoms with van der Waals surface area (Å²) in [5.41, 5.74) is 1.35. The number of rotatable bonds is 5. The molecule has 1 aliphatic rings. The number of urea groups is 1. The van der Waals surface area contributed by atoms with Gasteiger partial charge in [-0.25, -0.2) is 9.59 Å². The minimum Gasteiger partial charge on any atom is -0.463 e. The largest absolute Gasteiger partial charge is 0.463 e. The average molecular weight is 416 g/mol. The number of allylic oxidation sites excluding steroid dienone is 1. The van der Waals surface area contributed by atoms with E-state index >= 15 is 0 Å². The van der Waals surface area contributed by atoms with Gasteiger partial charge in [0.15, 0.2) is 0 Å². The number of carbonyl (C=O) groups is 2. The van der Waals surface area contributed by atoms with Gasteiger partial charge in [0.2, 0.25) is 0 Å². The molecule has 0 aromatic heterocycles. The Morgan fingerprint density at radius 3 is 2.59 bits per heavy atom. The van der Waals surface area contributed by atoms with Crippen LogP contribution in [0.4, 0.5) is 16.2 Å². The number of ether oxygens (including phenoxy) is 1. The fourth-order valence-corrected chi connectivity index (χ4v) is 3.31. The van der Waals surface area contributed by atoms with Gasteiger partial charge in [-0.15, -0.1) is 0 Å². The standard InChI is InChI=1S/C20H18ClN3O5/c1-3-29-19(25)17-12(2)23(15-9-7-14(21)8-10-15)20(26)22-18(17)13-5-4-6-16(11-13)24(27)28/h4-11,18H,3H2,1-2H3,(H,22,26)/t18-/m1/s1. The van der Waals surface area contributed by atoms with Crippen LogP contribution < -0.4 is 10.2 Å². The number of hydrogen-bond acceptors (Lipinski definition) is 5. The van der Waals surface area contributed by atoms with Gasteiger partial charge in [-0.3, -0.25) is 15.0 Å². The molecule has 0 aliphatic carbocycles. The number of nitrogens with zero attached hydrogens (tertiary/aromatic N) is 2. The second kappa shape index (κ2) is 8.32. The predicted molar refractivity (Wildman–Crippen MR) is 108 cm³/mol. The maximum atomic E-state index is 12.9. The first-order valence-corrected chi connectivity index (χ1v) is 9.19. The Balaban J connectivity index is 2.13. The van der Waals surface area contributed by atoms with Crippen molar-refractivity contribution in [2.75, 3.05) is 11.5 Å². The summed E-state index contributed by atoms with van der Waals surface area (Å²) in [6.45, 7) is 3.45. The van der Waals surface area contributed by atoms with Crippen LogP contribution >= 0.6 is 11.6 Å². The smallest absolute Gasteiger partial charge is 0.338 e. The van der Waals surface area contributed by atoms with Crippen LogP contribution in [0.15, 0.2) is 59.8 Å². The topological polar surface area (TPSA) is 102 Å². The molecule has 1 atom stereocenters. The van der Waals surface area contributed by atoms with Crippen molar-refractivity contribution in [2.24, 2.45) is 0 Å². The number of hydrogen-bond donors (Lipinski definition) is 1. The lowest BCUT2D eigenvalue weighted by Gasteiger charge is -2.35. The number of nitro groups is 1. The molecule has 3 rings (SSSR count). The van der Waals surface area contributed by atoms with E-state index < -0.39 is 23.0 Å². The van der Waals surface area contributed by atoms with Gasteiger partial charge in [-0.05, 0) is 43.7 Å². The Hall–Kier alpha value is -3.39. The van der Waals surface area contributed by atoms with Crippen molar-refractivity contribution >= 4 is 35.0 Å². The summed E-state index contributed by atoms with van der Waals surface area (Å²) in [5, 5.41) is 14.4. The summed E-state index contributed by atoms with van der Waals surface area (Å²) < 4.78 is 5.19. The molecule has 2 amide bonds. The van der Waals surface area contributed by atoms with Crippen LogP contribution in [0.3, 0.4) is 0 Å². The third kappa shape index (κ3) is 4.07. The molecule has 0 saturated heterocycles. The highest BCUT2D eigenvalue weighted by atomic mass is 35.5. The Labute approximate surface area is 171 Å². The zero-order valence-electron chi connectivity index (χ0n) is 15.7. The SMILES string of the molecule is CCOC(=O)C1=C(C)N(c2ccc(Cl)cc2)C(=O)N[C@@H]1c1cccc([N+](=O)[O-])c1. The van der Waals surface area contributed by atoms with E-state index in [-0.39, 0.29) is 17.9 Å². The maximum Gasteiger partial charge on any atom is 0.338 e. The summed E-state index contributed by atoms with van der Waals surface area (Å²) in [6, 6.07) is 11.0. The van der Waals surface area contributed by atoms with Gasteiger partial charge in [0.1, 0.15) is 0 Å². The molecular formula is C20H18ClN3O5. The minimum atomic E-state index is -0.884. The van der Waals surface area contributed by atoms with Gasteiger partial charge in [-0.2, -0.15) is 0 Å². The van der Waals surface area contributed by atoms with Gasteiger partial charge in [0, 0.05) is 22.9 Å². The lowest BCUT2D eigenvalue weighted by atomic mass is 9.94. The van der Waals surface area contributed by atoms with E-state index in [1.54, 1.807) is 44.2 Å². The molecule has 0 spiro atoms. The molecule has 0 saturated carbocycles. The summed E-state index contributed by atoms with van der Waals surface area (Å²) in [7, 11) is 0. The Kier molecular flexibility index (Phi) is 5.84. The van der Waals surface area contributed by atoms with E-state index in [0.29, 0.717) is 22.0 Å². The van der Waals surface area contributed by atoms with E-state index in [1.165, 1.54) is 23.1 Å². The van der Waals surface area contributed by atoms with Crippen molar-refractivity contribution in [1.29, 1.82) is 0 Å². The predicted octanol–water partition coefficient (Wildman–Crippen LogP) is 4.36. The molecule has 0 unspecified atom stereocenters. The van der Waals surface area contributed by atoms with Gasteiger partial charge < -0.3 is 10.1 Å². The summed E-state index contributed by atoms with van der Waals surface area (Å²) in [5.74, 6) is -0.611. The van der Waals surface area contributed by atoms with E-state index in [9.17, 15) is 19.7 Å². The van der Waals surface area contributed by atoms with Gasteiger partial charge in [0.05, 0.1) is 28.8 Å². The first-order valence-electron chi connectivity index (χ1n) is 8.82. The highest BCUT2D eigenvalue weighted by Gasteiger charge is 2.37. The zero-order chi connectivity index (χ0) is 21.1. The number of benzene rings is 2. The minimum absolute atomic E-state index is 0.141. The van der Waals surface area contributed by atoms with Crippen molar-refractivity contribution in [3.63, 3.8) is 0 Å². The molecule has 150 valence electrons. The monoisotopic (exact) mass is 415 g/mol. The Morgan fingerprint density at radius 1 is 1.28 bits per heavy atom. The normalized spacial score (nSPS) is 16.4. The first-order chi connectivity index (χ1) is 13.8. The first kappa shape index (κ1) is 20.3. The molecule has 2 aromatic rings. The molecule has 0 bridgehead atoms. The fraction of sp³-hybridized carbons (Fsp3) is 0.200. The molecule has 1 heterocycles. The van der Waals surface area contributed by atoms with Crippen LogP contribution in [0.2, 0.25) is 5.02 Å². The number of amides is 2. The number of esters is 1. The number of anilines is 1. The molecular weight excluding hydrogens is 398 g/mol. The molecule has 1 aliphatic heterocycles. The highest BCUT2D eigenvalue weighted by Crippen LogP contribution is 2.35. The number of non-ortho nitro benzene ring substituents is 1. The summed E-state index contributed by atoms with van der Waals surface area (Å²) in [4.78, 5) is 37.6. The molecule has 29 heavy (non-hydrogen) atoms. The zero-order valence-corrected chi connectivity index (χ0v) is 16.5. The molecule has 1 N–H and O–H groups in total. The third-order valence-electron chi connectivity index (χ3n) is 4.48. The summed E-state index contributed by atoms with van der Waals surface area (Å²) >= 11 is 5.93. The van der Waals surface area contributed by atoms with Crippen LogP contribution in [0, 0.1) is 10.1 Å². The quantitative estimate of drug-likeness (QED) is 0.444. The summed E-state index contributed by atoms with van der Waals surface area (Å²) in [6.07, 6.45) is 0. The van der Waals surface area contributed by atoms with Crippen LogP contribution in [0.25, 0.3) is 0 Å². The number of nitro benzene ring substituents is 1. The van der Waals surface area contributed by atoms with Crippen molar-refractivity contribution in [1.82, 2.24) is 5.32 Å². The van der Waals surface area contributed by atoms with E-state index in [1.807, 2.05) is 0 Å². The highest BCUT2D eigenvalue weighted by molar-refractivity contribution is 6.30. The Morgan fingerprint density at radius 2 is 1.97 bits per heavy atom. The van der Waals surface area contributed by atoms with Crippen LogP contribution in [0.5, 0.6) is 0 Å². The van der Waals surface area contributed by atoms with Gasteiger partial charge in [0.25, 0.3) is 5.69 Å². The van der Waals surface area contributed by atoms with Gasteiger partial charge in [-0.1, -0.05) is 23.7 Å². The van der Waals surface area contributed by atoms with Crippen LogP contribution in [0.1, 0.15) is 25.5 Å². The second-order valence-corrected chi connectivity index (χ2v) is 6.70.